The van der Waals surface area contributed by atoms with Crippen LogP contribution in [0.4, 0.5) is 11.4 Å². The summed E-state index contributed by atoms with van der Waals surface area (Å²) in [7, 11) is 3.85. The smallest absolute Gasteiger partial charge is 0.307 e. The standard InChI is InChI=1S/C40H43Cl2N5O4/c1-22-17-28(18-23(2)37(22)42)51-16-7-9-29-30-11-12-32(41)36(35-24(3)43-45(6)25(35)4)38(30)47-15-8-14-46(40(50)39(29)47)27-10-13-33-31(20-27)26(19-34(48)49)21-44(33)5/h10-13,17-18,20-21,29,39H,7-9,14-16,19H2,1-6H3,(H,48,49). The number of nitrogens with zero attached hydrogens (tertiary/aromatic N) is 5. The van der Waals surface area contributed by atoms with E-state index in [4.69, 9.17) is 33.0 Å². The van der Waals surface area contributed by atoms with E-state index in [0.29, 0.717) is 24.7 Å². The molecule has 0 bridgehead atoms. The number of benzene rings is 3. The minimum Gasteiger partial charge on any atom is -0.494 e. The van der Waals surface area contributed by atoms with E-state index >= 15 is 4.79 Å². The summed E-state index contributed by atoms with van der Waals surface area (Å²) in [5, 5.41) is 16.5. The van der Waals surface area contributed by atoms with Crippen molar-refractivity contribution in [3.8, 4) is 16.9 Å². The van der Waals surface area contributed by atoms with Crippen LogP contribution in [-0.4, -0.2) is 57.1 Å². The van der Waals surface area contributed by atoms with Gasteiger partial charge in [0.15, 0.2) is 0 Å². The number of carbonyl (C=O) groups is 2. The predicted octanol–water partition coefficient (Wildman–Crippen LogP) is 8.31. The zero-order valence-electron chi connectivity index (χ0n) is 29.9. The highest BCUT2D eigenvalue weighted by Crippen LogP contribution is 2.53. The maximum atomic E-state index is 15.0. The van der Waals surface area contributed by atoms with Gasteiger partial charge in [0, 0.05) is 77.7 Å². The van der Waals surface area contributed by atoms with Crippen LogP contribution in [0.5, 0.6) is 5.75 Å². The van der Waals surface area contributed by atoms with Crippen molar-refractivity contribution in [3.63, 3.8) is 0 Å². The quantitative estimate of drug-likeness (QED) is 0.154. The van der Waals surface area contributed by atoms with Crippen LogP contribution in [0.15, 0.2) is 48.7 Å². The predicted molar refractivity (Wildman–Crippen MR) is 204 cm³/mol. The highest BCUT2D eigenvalue weighted by molar-refractivity contribution is 6.34. The summed E-state index contributed by atoms with van der Waals surface area (Å²) in [4.78, 5) is 30.9. The van der Waals surface area contributed by atoms with E-state index < -0.39 is 12.0 Å². The molecule has 5 aromatic rings. The fraction of sp³-hybridized carbons (Fsp3) is 0.375. The Morgan fingerprint density at radius 1 is 1.00 bits per heavy atom. The number of hydrogen-bond donors (Lipinski definition) is 1. The summed E-state index contributed by atoms with van der Waals surface area (Å²) >= 11 is 13.5. The Hall–Kier alpha value is -4.47. The van der Waals surface area contributed by atoms with Crippen molar-refractivity contribution < 1.29 is 19.4 Å². The summed E-state index contributed by atoms with van der Waals surface area (Å²) in [5.41, 5.74) is 10.3. The summed E-state index contributed by atoms with van der Waals surface area (Å²) in [6.07, 6.45) is 3.99. The van der Waals surface area contributed by atoms with Gasteiger partial charge in [0.2, 0.25) is 5.91 Å². The van der Waals surface area contributed by atoms with Crippen molar-refractivity contribution in [2.45, 2.75) is 65.3 Å². The van der Waals surface area contributed by atoms with Crippen LogP contribution < -0.4 is 14.5 Å². The fourth-order valence-corrected chi connectivity index (χ4v) is 8.66. The molecular formula is C40H43Cl2N5O4. The van der Waals surface area contributed by atoms with E-state index in [-0.39, 0.29) is 18.2 Å². The highest BCUT2D eigenvalue weighted by atomic mass is 35.5. The summed E-state index contributed by atoms with van der Waals surface area (Å²) in [6.45, 7) is 9.74. The van der Waals surface area contributed by atoms with Gasteiger partial charge in [-0.05, 0) is 106 Å². The molecule has 7 rings (SSSR count). The number of aromatic nitrogens is 3. The largest absolute Gasteiger partial charge is 0.494 e. The fourth-order valence-electron chi connectivity index (χ4n) is 8.30. The Bertz CT molecular complexity index is 2180. The number of carboxylic acid groups (broad SMARTS) is 1. The van der Waals surface area contributed by atoms with Gasteiger partial charge >= 0.3 is 5.97 Å². The molecule has 1 saturated heterocycles. The number of aliphatic carboxylic acids is 1. The van der Waals surface area contributed by atoms with E-state index in [1.807, 2.05) is 91.6 Å². The average Bonchev–Trinajstić information content (AvgIpc) is 3.60. The zero-order valence-corrected chi connectivity index (χ0v) is 31.4. The Balaban J connectivity index is 1.27. The molecule has 9 nitrogen and oxygen atoms in total. The van der Waals surface area contributed by atoms with Gasteiger partial charge in [0.25, 0.3) is 0 Å². The van der Waals surface area contributed by atoms with E-state index in [1.165, 1.54) is 0 Å². The second kappa shape index (κ2) is 13.6. The first-order valence-electron chi connectivity index (χ1n) is 17.5. The molecule has 266 valence electrons. The summed E-state index contributed by atoms with van der Waals surface area (Å²) in [5.74, 6) is -0.188. The van der Waals surface area contributed by atoms with Crippen LogP contribution in [0.2, 0.25) is 10.0 Å². The number of halogens is 2. The van der Waals surface area contributed by atoms with Gasteiger partial charge < -0.3 is 24.2 Å². The normalized spacial score (nSPS) is 17.2. The van der Waals surface area contributed by atoms with Gasteiger partial charge in [0.1, 0.15) is 11.8 Å². The van der Waals surface area contributed by atoms with Crippen molar-refractivity contribution in [1.29, 1.82) is 0 Å². The Morgan fingerprint density at radius 3 is 2.43 bits per heavy atom. The molecule has 2 atom stereocenters. The maximum Gasteiger partial charge on any atom is 0.307 e. The van der Waals surface area contributed by atoms with E-state index in [1.54, 1.807) is 0 Å². The molecule has 0 aliphatic carbocycles. The number of hydrogen-bond acceptors (Lipinski definition) is 5. The molecule has 1 N–H and O–H groups in total. The molecule has 1 fully saturated rings. The number of carbonyl (C=O) groups excluding carboxylic acids is 1. The lowest BCUT2D eigenvalue weighted by atomic mass is 9.88. The third-order valence-electron chi connectivity index (χ3n) is 10.7. The van der Waals surface area contributed by atoms with Gasteiger partial charge in [-0.15, -0.1) is 0 Å². The Kier molecular flexibility index (Phi) is 9.31. The number of amides is 1. The summed E-state index contributed by atoms with van der Waals surface area (Å²) in [6, 6.07) is 13.5. The molecule has 1 amide bonds. The first-order valence-corrected chi connectivity index (χ1v) is 18.2. The third-order valence-corrected chi connectivity index (χ3v) is 11.6. The van der Waals surface area contributed by atoms with Crippen molar-refractivity contribution in [2.75, 3.05) is 29.5 Å². The lowest BCUT2D eigenvalue weighted by Gasteiger charge is -2.31. The van der Waals surface area contributed by atoms with E-state index in [2.05, 4.69) is 17.9 Å². The summed E-state index contributed by atoms with van der Waals surface area (Å²) < 4.78 is 10.1. The minimum atomic E-state index is -0.889. The SMILES string of the molecule is Cc1cc(OCCCC2c3ccc(Cl)c(-c4c(C)nn(C)c4C)c3N3CCCN(c4ccc5c(c4)c(CC(=O)O)cn5C)C(=O)C23)cc(C)c1Cl. The van der Waals surface area contributed by atoms with Crippen molar-refractivity contribution in [3.05, 3.63) is 92.3 Å². The number of fused-ring (bicyclic) bond motifs is 4. The average molecular weight is 729 g/mol. The van der Waals surface area contributed by atoms with Crippen LogP contribution >= 0.6 is 23.2 Å². The Labute approximate surface area is 308 Å². The van der Waals surface area contributed by atoms with Crippen LogP contribution in [0.25, 0.3) is 22.0 Å². The molecule has 4 heterocycles. The van der Waals surface area contributed by atoms with E-state index in [0.717, 1.165) is 97.1 Å². The van der Waals surface area contributed by atoms with Crippen molar-refractivity contribution in [1.82, 2.24) is 14.3 Å². The van der Waals surface area contributed by atoms with Crippen molar-refractivity contribution >= 4 is 57.4 Å². The highest BCUT2D eigenvalue weighted by Gasteiger charge is 2.47. The molecule has 2 aliphatic rings. The van der Waals surface area contributed by atoms with Crippen LogP contribution in [0.3, 0.4) is 0 Å². The van der Waals surface area contributed by atoms with Gasteiger partial charge in [-0.2, -0.15) is 5.10 Å². The lowest BCUT2D eigenvalue weighted by Crippen LogP contribution is -2.46. The minimum absolute atomic E-state index is 0.0235. The van der Waals surface area contributed by atoms with Gasteiger partial charge in [0.05, 0.1) is 29.4 Å². The second-order valence-corrected chi connectivity index (χ2v) is 14.8. The van der Waals surface area contributed by atoms with Gasteiger partial charge in [-0.3, -0.25) is 14.3 Å². The maximum absolute atomic E-state index is 15.0. The van der Waals surface area contributed by atoms with E-state index in [9.17, 15) is 9.90 Å². The topological polar surface area (TPSA) is 92.8 Å². The lowest BCUT2D eigenvalue weighted by molar-refractivity contribution is -0.136. The number of carboxylic acids is 1. The third kappa shape index (κ3) is 6.14. The van der Waals surface area contributed by atoms with Gasteiger partial charge in [-0.25, -0.2) is 0 Å². The molecule has 0 spiro atoms. The second-order valence-electron chi connectivity index (χ2n) is 14.0. The Morgan fingerprint density at radius 2 is 1.75 bits per heavy atom. The van der Waals surface area contributed by atoms with Crippen LogP contribution in [0, 0.1) is 27.7 Å². The molecule has 51 heavy (non-hydrogen) atoms. The van der Waals surface area contributed by atoms with Crippen molar-refractivity contribution in [2.24, 2.45) is 14.1 Å². The van der Waals surface area contributed by atoms with Gasteiger partial charge in [-0.1, -0.05) is 29.3 Å². The first kappa shape index (κ1) is 35.0. The molecule has 3 aromatic carbocycles. The molecule has 0 saturated carbocycles. The number of ether oxygens (including phenoxy) is 1. The molecule has 2 aromatic heterocycles. The molecule has 0 radical (unpaired) electrons. The molecule has 11 heteroatoms. The number of rotatable bonds is 9. The van der Waals surface area contributed by atoms with Crippen LogP contribution in [0.1, 0.15) is 58.8 Å². The monoisotopic (exact) mass is 727 g/mol. The zero-order chi connectivity index (χ0) is 36.3. The molecule has 2 unspecified atom stereocenters. The molecular weight excluding hydrogens is 685 g/mol. The molecule has 2 aliphatic heterocycles. The first-order chi connectivity index (χ1) is 24.3. The number of aryl methyl sites for hydroxylation is 5. The van der Waals surface area contributed by atoms with Crippen LogP contribution in [-0.2, 0) is 30.1 Å². The number of anilines is 2.